The highest BCUT2D eigenvalue weighted by atomic mass is 16.5. The first-order valence-corrected chi connectivity index (χ1v) is 11.5. The number of nitrogens with zero attached hydrogens (tertiary/aromatic N) is 4. The molecule has 3 rings (SSSR count). The van der Waals surface area contributed by atoms with Gasteiger partial charge in [0.25, 0.3) is 0 Å². The highest BCUT2D eigenvalue weighted by Gasteiger charge is 2.50. The summed E-state index contributed by atoms with van der Waals surface area (Å²) in [4.78, 5) is 49.0. The zero-order chi connectivity index (χ0) is 24.3. The Kier molecular flexibility index (Phi) is 7.34. The maximum atomic E-state index is 13.7. The minimum absolute atomic E-state index is 0.0503. The molecular weight excluding hydrogens is 424 g/mol. The van der Waals surface area contributed by atoms with E-state index in [-0.39, 0.29) is 23.8 Å². The van der Waals surface area contributed by atoms with Crippen LogP contribution in [0.5, 0.6) is 0 Å². The van der Waals surface area contributed by atoms with Crippen LogP contribution < -0.4 is 16.0 Å². The molecule has 3 amide bonds. The number of amides is 3. The number of hydrogen-bond acceptors (Lipinski definition) is 7. The van der Waals surface area contributed by atoms with Gasteiger partial charge in [0.05, 0.1) is 19.0 Å². The van der Waals surface area contributed by atoms with E-state index in [1.807, 2.05) is 37.8 Å². The van der Waals surface area contributed by atoms with Gasteiger partial charge in [-0.2, -0.15) is 0 Å². The molecule has 0 bridgehead atoms. The fourth-order valence-corrected chi connectivity index (χ4v) is 4.80. The summed E-state index contributed by atoms with van der Waals surface area (Å²) in [7, 11) is 1.27. The number of carbonyl (C=O) groups excluding carboxylic acids is 3. The first-order valence-electron chi connectivity index (χ1n) is 11.5. The molecule has 10 heteroatoms. The van der Waals surface area contributed by atoms with Gasteiger partial charge in [0.1, 0.15) is 17.4 Å². The number of pyridine rings is 1. The van der Waals surface area contributed by atoms with Crippen LogP contribution in [0.2, 0.25) is 0 Å². The number of ether oxygens (including phenoxy) is 1. The summed E-state index contributed by atoms with van der Waals surface area (Å²) in [6, 6.07) is 3.03. The van der Waals surface area contributed by atoms with Crippen molar-refractivity contribution in [1.29, 1.82) is 0 Å². The van der Waals surface area contributed by atoms with E-state index in [0.29, 0.717) is 38.3 Å². The topological polar surface area (TPSA) is 121 Å². The lowest BCUT2D eigenvalue weighted by Crippen LogP contribution is -2.64. The molecule has 2 unspecified atom stereocenters. The molecule has 10 nitrogen and oxygen atoms in total. The van der Waals surface area contributed by atoms with Crippen LogP contribution in [0, 0.1) is 5.92 Å². The third-order valence-corrected chi connectivity index (χ3v) is 6.74. The fraction of sp³-hybridized carbons (Fsp3) is 0.652. The molecule has 0 spiro atoms. The maximum absolute atomic E-state index is 13.7. The molecule has 0 aliphatic carbocycles. The monoisotopic (exact) mass is 460 g/mol. The van der Waals surface area contributed by atoms with Gasteiger partial charge in [-0.25, -0.2) is 9.78 Å². The molecule has 2 aliphatic heterocycles. The molecule has 1 aromatic heterocycles. The van der Waals surface area contributed by atoms with Gasteiger partial charge >= 0.3 is 6.09 Å². The number of hydrogen-bond donors (Lipinski definition) is 2. The Morgan fingerprint density at radius 2 is 1.97 bits per heavy atom. The summed E-state index contributed by atoms with van der Waals surface area (Å²) >= 11 is 0. The van der Waals surface area contributed by atoms with Gasteiger partial charge in [-0.1, -0.05) is 13.8 Å². The van der Waals surface area contributed by atoms with Crippen molar-refractivity contribution in [2.24, 2.45) is 5.92 Å². The van der Waals surface area contributed by atoms with Crippen LogP contribution in [0.15, 0.2) is 18.3 Å². The number of anilines is 2. The molecule has 2 saturated heterocycles. The Balaban J connectivity index is 1.73. The molecule has 3 N–H and O–H groups in total. The standard InChI is InChI=1S/C23H36N6O4/c1-15(2)19(26-22(32)33-5)20(30)29-10-6-9-23(29,4)21(31)27-11-12-28(16(3)14-27)18-8-7-17(24)13-25-18/h7-8,13,15-16,19H,6,9-12,14,24H2,1-5H3,(H,26,32)/t16?,19-,23?/m0/s1. The number of methoxy groups -OCH3 is 1. The molecule has 33 heavy (non-hydrogen) atoms. The summed E-state index contributed by atoms with van der Waals surface area (Å²) < 4.78 is 4.69. The Morgan fingerprint density at radius 3 is 2.55 bits per heavy atom. The fourth-order valence-electron chi connectivity index (χ4n) is 4.80. The molecule has 182 valence electrons. The van der Waals surface area contributed by atoms with Crippen molar-refractivity contribution in [2.75, 3.05) is 43.9 Å². The van der Waals surface area contributed by atoms with Crippen molar-refractivity contribution in [2.45, 2.75) is 58.2 Å². The Bertz CT molecular complexity index is 876. The van der Waals surface area contributed by atoms with E-state index in [1.54, 1.807) is 11.1 Å². The van der Waals surface area contributed by atoms with Crippen LogP contribution in [0.25, 0.3) is 0 Å². The van der Waals surface area contributed by atoms with Crippen LogP contribution in [0.4, 0.5) is 16.3 Å². The zero-order valence-electron chi connectivity index (χ0n) is 20.2. The van der Waals surface area contributed by atoms with E-state index in [2.05, 4.69) is 22.1 Å². The average molecular weight is 461 g/mol. The van der Waals surface area contributed by atoms with Gasteiger partial charge in [-0.15, -0.1) is 0 Å². The second-order valence-electron chi connectivity index (χ2n) is 9.47. The van der Waals surface area contributed by atoms with E-state index < -0.39 is 17.7 Å². The van der Waals surface area contributed by atoms with E-state index in [0.717, 1.165) is 12.2 Å². The van der Waals surface area contributed by atoms with Crippen LogP contribution in [0.1, 0.15) is 40.5 Å². The molecule has 1 aromatic rings. The number of piperazine rings is 1. The quantitative estimate of drug-likeness (QED) is 0.682. The van der Waals surface area contributed by atoms with Gasteiger partial charge < -0.3 is 30.5 Å². The van der Waals surface area contributed by atoms with E-state index >= 15 is 0 Å². The predicted octanol–water partition coefficient (Wildman–Crippen LogP) is 1.46. The van der Waals surface area contributed by atoms with Crippen LogP contribution >= 0.6 is 0 Å². The number of rotatable bonds is 5. The number of aromatic nitrogens is 1. The van der Waals surface area contributed by atoms with Crippen LogP contribution in [-0.4, -0.2) is 83.6 Å². The van der Waals surface area contributed by atoms with Crippen molar-refractivity contribution in [1.82, 2.24) is 20.1 Å². The van der Waals surface area contributed by atoms with Gasteiger partial charge in [0.2, 0.25) is 11.8 Å². The molecule has 0 saturated carbocycles. The second kappa shape index (κ2) is 9.84. The molecule has 0 radical (unpaired) electrons. The lowest BCUT2D eigenvalue weighted by molar-refractivity contribution is -0.152. The summed E-state index contributed by atoms with van der Waals surface area (Å²) in [5, 5.41) is 2.63. The van der Waals surface area contributed by atoms with Crippen molar-refractivity contribution in [3.63, 3.8) is 0 Å². The SMILES string of the molecule is COC(=O)N[C@H](C(=O)N1CCCC1(C)C(=O)N1CCN(c2ccc(N)cn2)C(C)C1)C(C)C. The Labute approximate surface area is 195 Å². The number of carbonyl (C=O) groups is 3. The van der Waals surface area contributed by atoms with Crippen molar-refractivity contribution in [3.05, 3.63) is 18.3 Å². The van der Waals surface area contributed by atoms with E-state index in [9.17, 15) is 14.4 Å². The Morgan fingerprint density at radius 1 is 1.24 bits per heavy atom. The highest BCUT2D eigenvalue weighted by molar-refractivity contribution is 5.94. The first-order chi connectivity index (χ1) is 15.6. The predicted molar refractivity (Wildman–Crippen MR) is 126 cm³/mol. The van der Waals surface area contributed by atoms with Gasteiger partial charge in [-0.3, -0.25) is 9.59 Å². The van der Waals surface area contributed by atoms with E-state index in [4.69, 9.17) is 10.5 Å². The van der Waals surface area contributed by atoms with Gasteiger partial charge in [-0.05, 0) is 44.7 Å². The van der Waals surface area contributed by atoms with Crippen molar-refractivity contribution in [3.8, 4) is 0 Å². The van der Waals surface area contributed by atoms with Crippen molar-refractivity contribution >= 4 is 29.4 Å². The van der Waals surface area contributed by atoms with Crippen molar-refractivity contribution < 1.29 is 19.1 Å². The third-order valence-electron chi connectivity index (χ3n) is 6.74. The summed E-state index contributed by atoms with van der Waals surface area (Å²) in [5.41, 5.74) is 5.42. The molecule has 3 atom stereocenters. The van der Waals surface area contributed by atoms with Crippen LogP contribution in [-0.2, 0) is 14.3 Å². The summed E-state index contributed by atoms with van der Waals surface area (Å²) in [5.74, 6) is 0.390. The lowest BCUT2D eigenvalue weighted by Gasteiger charge is -2.45. The number of nitrogens with one attached hydrogen (secondary N) is 1. The average Bonchev–Trinajstić information content (AvgIpc) is 3.19. The second-order valence-corrected chi connectivity index (χ2v) is 9.47. The van der Waals surface area contributed by atoms with Gasteiger partial charge in [0.15, 0.2) is 0 Å². The molecular formula is C23H36N6O4. The third kappa shape index (κ3) is 4.99. The minimum Gasteiger partial charge on any atom is -0.453 e. The molecule has 2 aliphatic rings. The number of alkyl carbamates (subject to hydrolysis) is 1. The smallest absolute Gasteiger partial charge is 0.407 e. The maximum Gasteiger partial charge on any atom is 0.407 e. The lowest BCUT2D eigenvalue weighted by atomic mass is 9.93. The van der Waals surface area contributed by atoms with E-state index in [1.165, 1.54) is 7.11 Å². The number of likely N-dealkylation sites (tertiary alicyclic amines) is 1. The molecule has 3 heterocycles. The van der Waals surface area contributed by atoms with Gasteiger partial charge in [0, 0.05) is 32.2 Å². The summed E-state index contributed by atoms with van der Waals surface area (Å²) in [6.07, 6.45) is 2.31. The van der Waals surface area contributed by atoms with Crippen LogP contribution in [0.3, 0.4) is 0 Å². The largest absolute Gasteiger partial charge is 0.453 e. The molecule has 0 aromatic carbocycles. The highest BCUT2D eigenvalue weighted by Crippen LogP contribution is 2.33. The zero-order valence-corrected chi connectivity index (χ0v) is 20.2. The Hall–Kier alpha value is -3.04. The first kappa shape index (κ1) is 24.6. The normalized spacial score (nSPS) is 24.1. The summed E-state index contributed by atoms with van der Waals surface area (Å²) in [6.45, 7) is 9.84. The minimum atomic E-state index is -0.941. The number of nitrogen functional groups attached to an aromatic ring is 1. The molecule has 2 fully saturated rings. The number of nitrogens with two attached hydrogens (primary N) is 1.